The molecule has 1 atom stereocenters. The number of amides is 1. The van der Waals surface area contributed by atoms with Crippen molar-refractivity contribution in [2.24, 2.45) is 0 Å². The van der Waals surface area contributed by atoms with Crippen LogP contribution >= 0.6 is 15.9 Å². The van der Waals surface area contributed by atoms with E-state index in [1.54, 1.807) is 13.2 Å². The van der Waals surface area contributed by atoms with Gasteiger partial charge in [-0.1, -0.05) is 32.0 Å². The van der Waals surface area contributed by atoms with Crippen LogP contribution in [0.15, 0.2) is 33.3 Å². The van der Waals surface area contributed by atoms with Gasteiger partial charge < -0.3 is 14.6 Å². The Labute approximate surface area is 156 Å². The van der Waals surface area contributed by atoms with E-state index in [2.05, 4.69) is 31.7 Å². The average molecular weight is 410 g/mol. The molecule has 0 saturated heterocycles. The molecule has 25 heavy (non-hydrogen) atoms. The zero-order valence-corrected chi connectivity index (χ0v) is 16.7. The van der Waals surface area contributed by atoms with Crippen molar-refractivity contribution in [2.75, 3.05) is 19.0 Å². The molecule has 0 aliphatic rings. The molecule has 1 unspecified atom stereocenters. The van der Waals surface area contributed by atoms with Crippen molar-refractivity contribution in [1.29, 1.82) is 0 Å². The van der Waals surface area contributed by atoms with Gasteiger partial charge in [0.2, 0.25) is 11.8 Å². The number of hydrogen-bond acceptors (Lipinski definition) is 5. The summed E-state index contributed by atoms with van der Waals surface area (Å²) in [5, 5.41) is 9.88. The van der Waals surface area contributed by atoms with Gasteiger partial charge in [-0.3, -0.25) is 10.1 Å². The van der Waals surface area contributed by atoms with Crippen molar-refractivity contribution < 1.29 is 14.1 Å². The maximum absolute atomic E-state index is 12.1. The van der Waals surface area contributed by atoms with E-state index in [-0.39, 0.29) is 23.9 Å². The van der Waals surface area contributed by atoms with Gasteiger partial charge in [-0.25, -0.2) is 0 Å². The van der Waals surface area contributed by atoms with Crippen molar-refractivity contribution in [3.05, 3.63) is 40.0 Å². The van der Waals surface area contributed by atoms with Gasteiger partial charge in [0.1, 0.15) is 5.75 Å². The molecule has 2 N–H and O–H groups in total. The number of benzene rings is 1. The first-order chi connectivity index (χ1) is 11.7. The maximum Gasteiger partial charge on any atom is 0.240 e. The van der Waals surface area contributed by atoms with Gasteiger partial charge in [-0.05, 0) is 40.5 Å². The van der Waals surface area contributed by atoms with Gasteiger partial charge in [-0.15, -0.1) is 0 Å². The molecular weight excluding hydrogens is 386 g/mol. The molecule has 1 aromatic heterocycles. The van der Waals surface area contributed by atoms with E-state index in [1.807, 2.05) is 45.9 Å². The lowest BCUT2D eigenvalue weighted by Gasteiger charge is -2.15. The van der Waals surface area contributed by atoms with Gasteiger partial charge in [0, 0.05) is 17.5 Å². The zero-order chi connectivity index (χ0) is 18.6. The summed E-state index contributed by atoms with van der Waals surface area (Å²) in [7, 11) is 1.63. The third-order valence-corrected chi connectivity index (χ3v) is 4.41. The molecule has 136 valence electrons. The first-order valence-corrected chi connectivity index (χ1v) is 8.84. The molecule has 0 fully saturated rings. The highest BCUT2D eigenvalue weighted by Crippen LogP contribution is 2.28. The second kappa shape index (κ2) is 8.01. The summed E-state index contributed by atoms with van der Waals surface area (Å²) < 4.78 is 11.3. The lowest BCUT2D eigenvalue weighted by atomic mass is 9.92. The molecular formula is C18H24BrN3O3. The molecule has 0 aliphatic heterocycles. The van der Waals surface area contributed by atoms with Crippen molar-refractivity contribution in [3.8, 4) is 5.75 Å². The van der Waals surface area contributed by atoms with Gasteiger partial charge in [0.25, 0.3) is 0 Å². The lowest BCUT2D eigenvalue weighted by Crippen LogP contribution is -2.30. The number of halogens is 1. The summed E-state index contributed by atoms with van der Waals surface area (Å²) in [4.78, 5) is 12.1. The molecule has 0 saturated carbocycles. The van der Waals surface area contributed by atoms with Gasteiger partial charge in [0.15, 0.2) is 0 Å². The first kappa shape index (κ1) is 19.5. The molecule has 1 aromatic carbocycles. The predicted molar refractivity (Wildman–Crippen MR) is 101 cm³/mol. The summed E-state index contributed by atoms with van der Waals surface area (Å²) in [5.41, 5.74) is 1.73. The monoisotopic (exact) mass is 409 g/mol. The summed E-state index contributed by atoms with van der Waals surface area (Å²) in [6.45, 7) is 8.26. The summed E-state index contributed by atoms with van der Waals surface area (Å²) in [5.74, 6) is 0.946. The Balaban J connectivity index is 1.89. The van der Waals surface area contributed by atoms with Crippen LogP contribution in [0.25, 0.3) is 0 Å². The normalized spacial score (nSPS) is 12.7. The molecule has 0 radical (unpaired) electrons. The smallest absolute Gasteiger partial charge is 0.240 e. The van der Waals surface area contributed by atoms with Crippen LogP contribution in [0, 0.1) is 0 Å². The van der Waals surface area contributed by atoms with Crippen LogP contribution in [-0.2, 0) is 10.2 Å². The fraction of sp³-hybridized carbons (Fsp3) is 0.444. The van der Waals surface area contributed by atoms with E-state index in [9.17, 15) is 4.79 Å². The minimum atomic E-state index is -0.184. The van der Waals surface area contributed by atoms with Crippen LogP contribution < -0.4 is 15.4 Å². The summed E-state index contributed by atoms with van der Waals surface area (Å²) in [6, 6.07) is 7.58. The van der Waals surface area contributed by atoms with E-state index in [0.717, 1.165) is 21.5 Å². The number of rotatable bonds is 6. The van der Waals surface area contributed by atoms with Crippen LogP contribution in [0.4, 0.5) is 5.88 Å². The van der Waals surface area contributed by atoms with Gasteiger partial charge in [-0.2, -0.15) is 0 Å². The minimum absolute atomic E-state index is 0.00724. The van der Waals surface area contributed by atoms with E-state index in [0.29, 0.717) is 5.88 Å². The molecule has 1 heterocycles. The Hall–Kier alpha value is -1.86. The molecule has 2 rings (SSSR count). The number of aromatic nitrogens is 1. The number of hydrogen-bond donors (Lipinski definition) is 2. The van der Waals surface area contributed by atoms with Gasteiger partial charge in [0.05, 0.1) is 23.8 Å². The third-order valence-electron chi connectivity index (χ3n) is 3.79. The molecule has 0 aliphatic carbocycles. The standard InChI is InChI=1S/C18H24BrN3O3/c1-11(12-6-7-14(24-5)13(19)8-12)20-10-16(23)21-17-9-15(22-25-17)18(2,3)4/h6-9,11,20H,10H2,1-5H3,(H,21,23). The molecule has 0 bridgehead atoms. The first-order valence-electron chi connectivity index (χ1n) is 8.04. The minimum Gasteiger partial charge on any atom is -0.496 e. The van der Waals surface area contributed by atoms with Crippen LogP contribution in [0.1, 0.15) is 45.0 Å². The second-order valence-corrected chi connectivity index (χ2v) is 7.73. The Bertz CT molecular complexity index is 737. The maximum atomic E-state index is 12.1. The second-order valence-electron chi connectivity index (χ2n) is 6.87. The highest BCUT2D eigenvalue weighted by atomic mass is 79.9. The van der Waals surface area contributed by atoms with Crippen molar-refractivity contribution in [2.45, 2.75) is 39.2 Å². The Morgan fingerprint density at radius 1 is 1.36 bits per heavy atom. The number of carbonyl (C=O) groups excluding carboxylic acids is 1. The quantitative estimate of drug-likeness (QED) is 0.752. The van der Waals surface area contributed by atoms with E-state index in [1.165, 1.54) is 0 Å². The van der Waals surface area contributed by atoms with Crippen LogP contribution in [-0.4, -0.2) is 24.7 Å². The van der Waals surface area contributed by atoms with Gasteiger partial charge >= 0.3 is 0 Å². The lowest BCUT2D eigenvalue weighted by molar-refractivity contribution is -0.115. The van der Waals surface area contributed by atoms with Crippen molar-refractivity contribution in [1.82, 2.24) is 10.5 Å². The number of nitrogens with zero attached hydrogens (tertiary/aromatic N) is 1. The topological polar surface area (TPSA) is 76.4 Å². The third kappa shape index (κ3) is 5.31. The highest BCUT2D eigenvalue weighted by molar-refractivity contribution is 9.10. The van der Waals surface area contributed by atoms with E-state index >= 15 is 0 Å². The number of nitrogens with one attached hydrogen (secondary N) is 2. The predicted octanol–water partition coefficient (Wildman–Crippen LogP) is 4.03. The number of anilines is 1. The molecule has 2 aromatic rings. The van der Waals surface area contributed by atoms with Crippen LogP contribution in [0.5, 0.6) is 5.75 Å². The molecule has 6 nitrogen and oxygen atoms in total. The van der Waals surface area contributed by atoms with Crippen molar-refractivity contribution >= 4 is 27.7 Å². The fourth-order valence-electron chi connectivity index (χ4n) is 2.18. The van der Waals surface area contributed by atoms with Crippen LogP contribution in [0.2, 0.25) is 0 Å². The highest BCUT2D eigenvalue weighted by Gasteiger charge is 2.19. The summed E-state index contributed by atoms with van der Waals surface area (Å²) in [6.07, 6.45) is 0. The Morgan fingerprint density at radius 2 is 2.08 bits per heavy atom. The molecule has 7 heteroatoms. The van der Waals surface area contributed by atoms with Crippen LogP contribution in [0.3, 0.4) is 0 Å². The Morgan fingerprint density at radius 3 is 2.64 bits per heavy atom. The number of methoxy groups -OCH3 is 1. The largest absolute Gasteiger partial charge is 0.496 e. The average Bonchev–Trinajstić information content (AvgIpc) is 3.01. The van der Waals surface area contributed by atoms with E-state index in [4.69, 9.17) is 9.26 Å². The zero-order valence-electron chi connectivity index (χ0n) is 15.1. The molecule has 1 amide bonds. The number of carbonyl (C=O) groups is 1. The fourth-order valence-corrected chi connectivity index (χ4v) is 2.74. The number of ether oxygens (including phenoxy) is 1. The van der Waals surface area contributed by atoms with Crippen molar-refractivity contribution in [3.63, 3.8) is 0 Å². The SMILES string of the molecule is COc1ccc(C(C)NCC(=O)Nc2cc(C(C)(C)C)no2)cc1Br. The van der Waals surface area contributed by atoms with E-state index < -0.39 is 0 Å². The molecule has 0 spiro atoms. The Kier molecular flexibility index (Phi) is 6.24. The summed E-state index contributed by atoms with van der Waals surface area (Å²) >= 11 is 3.47.